The first-order chi connectivity index (χ1) is 16.4. The Kier molecular flexibility index (Phi) is 9.86. The molecule has 0 spiro atoms. The number of ether oxygens (including phenoxy) is 2. The number of aliphatic imine (C=N–C) groups is 1. The Morgan fingerprint density at radius 2 is 1.91 bits per heavy atom. The molecule has 0 saturated heterocycles. The number of benzene rings is 1. The van der Waals surface area contributed by atoms with Gasteiger partial charge in [-0.1, -0.05) is 19.1 Å². The summed E-state index contributed by atoms with van der Waals surface area (Å²) in [5.74, 6) is -0.733. The molecule has 0 saturated carbocycles. The molecule has 9 heteroatoms. The molecule has 1 aromatic heterocycles. The molecule has 0 unspecified atom stereocenters. The van der Waals surface area contributed by atoms with Crippen molar-refractivity contribution in [3.05, 3.63) is 77.1 Å². The summed E-state index contributed by atoms with van der Waals surface area (Å²) in [6.45, 7) is 9.94. The van der Waals surface area contributed by atoms with Crippen LogP contribution in [-0.2, 0) is 17.5 Å². The van der Waals surface area contributed by atoms with Crippen molar-refractivity contribution in [3.8, 4) is 11.5 Å². The molecule has 0 aliphatic rings. The SMILES string of the molecule is CC=C(C)N=C(/C=C(\C)N(C)[C@H](C)CC)OCc1ccc(Oc2ccnc(C(F)(F)F)c2)c(F)c1. The molecule has 2 aromatic rings. The topological polar surface area (TPSA) is 47.0 Å². The highest BCUT2D eigenvalue weighted by Crippen LogP contribution is 2.32. The first kappa shape index (κ1) is 27.9. The third-order valence-corrected chi connectivity index (χ3v) is 5.48. The number of pyridine rings is 1. The largest absolute Gasteiger partial charge is 0.473 e. The second-order valence-electron chi connectivity index (χ2n) is 8.06. The number of halogens is 4. The van der Waals surface area contributed by atoms with Crippen LogP contribution in [0.5, 0.6) is 11.5 Å². The molecule has 0 N–H and O–H groups in total. The molecule has 1 aromatic carbocycles. The fourth-order valence-corrected chi connectivity index (χ4v) is 2.88. The summed E-state index contributed by atoms with van der Waals surface area (Å²) in [5, 5.41) is 0. The van der Waals surface area contributed by atoms with Crippen LogP contribution in [0.3, 0.4) is 0 Å². The van der Waals surface area contributed by atoms with E-state index in [9.17, 15) is 17.6 Å². The van der Waals surface area contributed by atoms with Crippen LogP contribution in [0, 0.1) is 5.82 Å². The highest BCUT2D eigenvalue weighted by molar-refractivity contribution is 5.89. The normalized spacial score (nSPS) is 14.1. The molecular formula is C26H31F4N3O2. The first-order valence-electron chi connectivity index (χ1n) is 11.2. The fourth-order valence-electron chi connectivity index (χ4n) is 2.88. The van der Waals surface area contributed by atoms with Gasteiger partial charge < -0.3 is 14.4 Å². The minimum Gasteiger partial charge on any atom is -0.473 e. The molecule has 0 fully saturated rings. The second-order valence-corrected chi connectivity index (χ2v) is 8.06. The van der Waals surface area contributed by atoms with Gasteiger partial charge in [0.25, 0.3) is 0 Å². The molecule has 2 rings (SSSR count). The van der Waals surface area contributed by atoms with Crippen molar-refractivity contribution < 1.29 is 27.0 Å². The van der Waals surface area contributed by atoms with E-state index in [1.54, 1.807) is 6.07 Å². The number of nitrogens with zero attached hydrogens (tertiary/aromatic N) is 3. The maximum absolute atomic E-state index is 14.6. The van der Waals surface area contributed by atoms with E-state index in [4.69, 9.17) is 9.47 Å². The summed E-state index contributed by atoms with van der Waals surface area (Å²) in [6, 6.07) is 6.41. The van der Waals surface area contributed by atoms with E-state index >= 15 is 0 Å². The lowest BCUT2D eigenvalue weighted by molar-refractivity contribution is -0.141. The van der Waals surface area contributed by atoms with Crippen molar-refractivity contribution in [3.63, 3.8) is 0 Å². The molecule has 1 heterocycles. The van der Waals surface area contributed by atoms with E-state index in [0.717, 1.165) is 24.0 Å². The van der Waals surface area contributed by atoms with Crippen molar-refractivity contribution in [2.24, 2.45) is 4.99 Å². The van der Waals surface area contributed by atoms with Gasteiger partial charge in [-0.25, -0.2) is 9.38 Å². The number of hydrogen-bond donors (Lipinski definition) is 0. The van der Waals surface area contributed by atoms with Gasteiger partial charge in [-0.3, -0.25) is 4.98 Å². The van der Waals surface area contributed by atoms with Gasteiger partial charge in [0.1, 0.15) is 18.1 Å². The molecular weight excluding hydrogens is 462 g/mol. The molecule has 1 atom stereocenters. The monoisotopic (exact) mass is 493 g/mol. The van der Waals surface area contributed by atoms with E-state index < -0.39 is 17.7 Å². The molecule has 35 heavy (non-hydrogen) atoms. The molecule has 0 bridgehead atoms. The maximum atomic E-state index is 14.6. The fraction of sp³-hybridized carbons (Fsp3) is 0.385. The van der Waals surface area contributed by atoms with Crippen molar-refractivity contribution >= 4 is 5.90 Å². The Bertz CT molecular complexity index is 1090. The summed E-state index contributed by atoms with van der Waals surface area (Å²) >= 11 is 0. The van der Waals surface area contributed by atoms with Crippen molar-refractivity contribution in [1.82, 2.24) is 9.88 Å². The van der Waals surface area contributed by atoms with E-state index in [0.29, 0.717) is 23.6 Å². The lowest BCUT2D eigenvalue weighted by Gasteiger charge is -2.26. The van der Waals surface area contributed by atoms with Crippen molar-refractivity contribution in [2.45, 2.75) is 59.9 Å². The Morgan fingerprint density at radius 1 is 1.20 bits per heavy atom. The van der Waals surface area contributed by atoms with Crippen LogP contribution < -0.4 is 4.74 Å². The maximum Gasteiger partial charge on any atom is 0.433 e. The highest BCUT2D eigenvalue weighted by Gasteiger charge is 2.32. The Hall–Kier alpha value is -3.36. The summed E-state index contributed by atoms with van der Waals surface area (Å²) in [4.78, 5) is 9.87. The lowest BCUT2D eigenvalue weighted by Crippen LogP contribution is -2.27. The average molecular weight is 494 g/mol. The van der Waals surface area contributed by atoms with Gasteiger partial charge >= 0.3 is 6.18 Å². The molecule has 0 aliphatic heterocycles. The summed E-state index contributed by atoms with van der Waals surface area (Å²) in [7, 11) is 1.99. The number of hydrogen-bond acceptors (Lipinski definition) is 5. The van der Waals surface area contributed by atoms with Crippen LogP contribution in [0.2, 0.25) is 0 Å². The standard InChI is InChI=1S/C26H31F4N3O2/c1-7-17(3)32-25(13-19(5)33(6)18(4)8-2)34-16-20-9-10-23(22(27)14-20)35-21-11-12-31-24(15-21)26(28,29)30/h7,9-15,18H,8,16H2,1-6H3/b17-7?,19-13+,32-25?/t18-/m1/s1. The van der Waals surface area contributed by atoms with Crippen molar-refractivity contribution in [2.75, 3.05) is 7.05 Å². The van der Waals surface area contributed by atoms with Gasteiger partial charge in [-0.2, -0.15) is 13.2 Å². The van der Waals surface area contributed by atoms with Crippen LogP contribution >= 0.6 is 0 Å². The van der Waals surface area contributed by atoms with Gasteiger partial charge in [-0.15, -0.1) is 0 Å². The van der Waals surface area contributed by atoms with Crippen LogP contribution in [0.15, 0.2) is 65.1 Å². The predicted molar refractivity (Wildman–Crippen MR) is 129 cm³/mol. The summed E-state index contributed by atoms with van der Waals surface area (Å²) < 4.78 is 64.3. The Morgan fingerprint density at radius 3 is 2.51 bits per heavy atom. The quantitative estimate of drug-likeness (QED) is 0.206. The zero-order valence-corrected chi connectivity index (χ0v) is 20.8. The third kappa shape index (κ3) is 8.42. The molecule has 5 nitrogen and oxygen atoms in total. The zero-order chi connectivity index (χ0) is 26.2. The van der Waals surface area contributed by atoms with Crippen LogP contribution in [0.1, 0.15) is 52.3 Å². The Labute approximate surface area is 203 Å². The lowest BCUT2D eigenvalue weighted by atomic mass is 10.2. The predicted octanol–water partition coefficient (Wildman–Crippen LogP) is 7.50. The highest BCUT2D eigenvalue weighted by atomic mass is 19.4. The number of aromatic nitrogens is 1. The van der Waals surface area contributed by atoms with Gasteiger partial charge in [-0.05, 0) is 57.9 Å². The van der Waals surface area contributed by atoms with Gasteiger partial charge in [0.2, 0.25) is 5.90 Å². The third-order valence-electron chi connectivity index (χ3n) is 5.48. The number of rotatable bonds is 9. The number of allylic oxidation sites excluding steroid dienone is 3. The molecule has 190 valence electrons. The van der Waals surface area contributed by atoms with E-state index in [2.05, 4.69) is 28.7 Å². The minimum absolute atomic E-state index is 0.0390. The second kappa shape index (κ2) is 12.4. The van der Waals surface area contributed by atoms with E-state index in [1.165, 1.54) is 18.2 Å². The number of alkyl halides is 3. The molecule has 0 aliphatic carbocycles. The summed E-state index contributed by atoms with van der Waals surface area (Å²) in [6.07, 6.45) is 0.988. The van der Waals surface area contributed by atoms with Crippen LogP contribution in [-0.4, -0.2) is 28.9 Å². The van der Waals surface area contributed by atoms with Gasteiger partial charge in [0.15, 0.2) is 11.6 Å². The first-order valence-corrected chi connectivity index (χ1v) is 11.2. The smallest absolute Gasteiger partial charge is 0.433 e. The molecule has 0 amide bonds. The van der Waals surface area contributed by atoms with Crippen LogP contribution in [0.4, 0.5) is 17.6 Å². The van der Waals surface area contributed by atoms with Crippen LogP contribution in [0.25, 0.3) is 0 Å². The van der Waals surface area contributed by atoms with Gasteiger partial charge in [0, 0.05) is 42.8 Å². The zero-order valence-electron chi connectivity index (χ0n) is 20.8. The van der Waals surface area contributed by atoms with Gasteiger partial charge in [0.05, 0.1) is 0 Å². The molecule has 0 radical (unpaired) electrons. The van der Waals surface area contributed by atoms with Crippen molar-refractivity contribution in [1.29, 1.82) is 0 Å². The minimum atomic E-state index is -4.63. The average Bonchev–Trinajstić information content (AvgIpc) is 2.82. The summed E-state index contributed by atoms with van der Waals surface area (Å²) in [5.41, 5.74) is 1.12. The van der Waals surface area contributed by atoms with E-state index in [-0.39, 0.29) is 18.1 Å². The van der Waals surface area contributed by atoms with E-state index in [1.807, 2.05) is 40.0 Å². The Balaban J connectivity index is 2.17.